The smallest absolute Gasteiger partial charge is 0.402 e. The minimum atomic E-state index is -1.68. The van der Waals surface area contributed by atoms with E-state index in [-0.39, 0.29) is 28.0 Å². The van der Waals surface area contributed by atoms with Crippen LogP contribution in [0.3, 0.4) is 0 Å². The predicted octanol–water partition coefficient (Wildman–Crippen LogP) is 0.0876. The lowest BCUT2D eigenvalue weighted by atomic mass is 9.99. The molecule has 0 amide bonds. The van der Waals surface area contributed by atoms with Crippen LogP contribution in [0.25, 0.3) is 22.3 Å². The van der Waals surface area contributed by atoms with Gasteiger partial charge < -0.3 is 55.4 Å². The molecule has 1 fully saturated rings. The van der Waals surface area contributed by atoms with Gasteiger partial charge in [0.25, 0.3) is 0 Å². The summed E-state index contributed by atoms with van der Waals surface area (Å²) >= 11 is 0. The number of fused-ring (bicyclic) bond motifs is 1. The maximum absolute atomic E-state index is 10.4. The highest BCUT2D eigenvalue weighted by Crippen LogP contribution is 2.44. The molecule has 1 aromatic heterocycles. The summed E-state index contributed by atoms with van der Waals surface area (Å²) in [6.07, 6.45) is -7.65. The molecule has 2 aromatic carbocycles. The van der Waals surface area contributed by atoms with Gasteiger partial charge in [0.05, 0.1) is 18.2 Å². The number of phenolic OH excluding ortho intramolecular Hbond substituents is 4. The molecule has 0 unspecified atom stereocenters. The van der Waals surface area contributed by atoms with Gasteiger partial charge in [-0.05, 0) is 0 Å². The van der Waals surface area contributed by atoms with Crippen LogP contribution in [-0.2, 0) is 4.74 Å². The molecule has 33 heavy (non-hydrogen) atoms. The van der Waals surface area contributed by atoms with Gasteiger partial charge in [0.2, 0.25) is 12.0 Å². The second-order valence-electron chi connectivity index (χ2n) is 7.49. The van der Waals surface area contributed by atoms with E-state index in [1.807, 2.05) is 0 Å². The molecule has 1 aliphatic rings. The Kier molecular flexibility index (Phi) is 5.78. The van der Waals surface area contributed by atoms with Crippen LogP contribution in [0.1, 0.15) is 0 Å². The molecule has 3 aromatic rings. The van der Waals surface area contributed by atoms with Crippen LogP contribution < -0.4 is 4.74 Å². The van der Waals surface area contributed by atoms with Gasteiger partial charge in [-0.25, -0.2) is 4.42 Å². The second-order valence-corrected chi connectivity index (χ2v) is 7.49. The van der Waals surface area contributed by atoms with Crippen molar-refractivity contribution >= 4 is 11.0 Å². The van der Waals surface area contributed by atoms with E-state index < -0.39 is 66.1 Å². The first kappa shape index (κ1) is 22.6. The summed E-state index contributed by atoms with van der Waals surface area (Å²) in [5.41, 5.74) is -0.0311. The van der Waals surface area contributed by atoms with E-state index in [0.717, 1.165) is 24.3 Å². The van der Waals surface area contributed by atoms with Crippen molar-refractivity contribution in [2.45, 2.75) is 30.7 Å². The van der Waals surface area contributed by atoms with Gasteiger partial charge in [-0.1, -0.05) is 0 Å². The van der Waals surface area contributed by atoms with Crippen LogP contribution in [-0.4, -0.2) is 83.3 Å². The Bertz CT molecular complexity index is 1170. The summed E-state index contributed by atoms with van der Waals surface area (Å²) < 4.78 is 16.4. The summed E-state index contributed by atoms with van der Waals surface area (Å²) in [6, 6.07) is 5.61. The van der Waals surface area contributed by atoms with E-state index in [9.17, 15) is 46.0 Å². The van der Waals surface area contributed by atoms with Gasteiger partial charge in [0.1, 0.15) is 41.3 Å². The van der Waals surface area contributed by atoms with Crippen molar-refractivity contribution in [3.63, 3.8) is 0 Å². The van der Waals surface area contributed by atoms with Gasteiger partial charge >= 0.3 is 11.3 Å². The number of aromatic hydroxyl groups is 5. The molecule has 0 spiro atoms. The van der Waals surface area contributed by atoms with E-state index in [2.05, 4.69) is 0 Å². The fraction of sp³-hybridized carbons (Fsp3) is 0.286. The van der Waals surface area contributed by atoms with Crippen LogP contribution >= 0.6 is 0 Å². The molecular weight excluding hydrogens is 444 g/mol. The lowest BCUT2D eigenvalue weighted by Crippen LogP contribution is -2.60. The van der Waals surface area contributed by atoms with E-state index in [1.54, 1.807) is 0 Å². The molecule has 12 heteroatoms. The topological polar surface area (TPSA) is 212 Å². The normalized spacial score (nSPS) is 25.3. The van der Waals surface area contributed by atoms with Gasteiger partial charge in [-0.2, -0.15) is 0 Å². The summed E-state index contributed by atoms with van der Waals surface area (Å²) in [6.45, 7) is -0.655. The fourth-order valence-electron chi connectivity index (χ4n) is 3.49. The maximum Gasteiger partial charge on any atom is 0.402 e. The van der Waals surface area contributed by atoms with Crippen molar-refractivity contribution in [2.75, 3.05) is 6.61 Å². The van der Waals surface area contributed by atoms with Crippen LogP contribution in [0, 0.1) is 0 Å². The van der Waals surface area contributed by atoms with E-state index in [0.29, 0.717) is 0 Å². The van der Waals surface area contributed by atoms with Gasteiger partial charge in [0, 0.05) is 24.3 Å². The summed E-state index contributed by atoms with van der Waals surface area (Å²) in [5, 5.41) is 88.9. The zero-order valence-electron chi connectivity index (χ0n) is 16.7. The zero-order chi connectivity index (χ0) is 24.0. The lowest BCUT2D eigenvalue weighted by molar-refractivity contribution is -0.277. The number of aliphatic hydroxyl groups is 4. The molecule has 4 rings (SSSR count). The molecule has 0 saturated carbocycles. The number of hydrogen-bond donors (Lipinski definition) is 9. The number of rotatable bonds is 4. The highest BCUT2D eigenvalue weighted by Gasteiger charge is 2.45. The number of phenols is 4. The highest BCUT2D eigenvalue weighted by molar-refractivity contribution is 5.88. The predicted molar refractivity (Wildman–Crippen MR) is 109 cm³/mol. The van der Waals surface area contributed by atoms with E-state index in [4.69, 9.17) is 13.9 Å². The first-order valence-corrected chi connectivity index (χ1v) is 9.66. The quantitative estimate of drug-likeness (QED) is 0.185. The molecule has 0 radical (unpaired) electrons. The monoisotopic (exact) mass is 465 g/mol. The Morgan fingerprint density at radius 1 is 0.788 bits per heavy atom. The standard InChI is InChI=1S/C21H20O12/c22-6-15-17(28)18(29)19(30)21(33-15)31-8-3-10(23)9-5-13(26)20(32-14(9)4-8)7-1-11(24)16(27)12(25)2-7/h1-5,15,17-19,21-22,28-30H,6H2,(H4-,23,24,25,26,27)/p+1/t15-,17+,18+,19-,21-/m1/s1. The van der Waals surface area contributed by atoms with Crippen LogP contribution in [0.15, 0.2) is 34.7 Å². The Labute approximate surface area is 185 Å². The molecule has 1 aliphatic heterocycles. The average Bonchev–Trinajstić information content (AvgIpc) is 2.77. The molecular formula is C21H21O12+. The molecule has 5 atom stereocenters. The molecule has 12 nitrogen and oxygen atoms in total. The molecule has 176 valence electrons. The number of aliphatic hydroxyl groups excluding tert-OH is 4. The minimum Gasteiger partial charge on any atom is -0.507 e. The highest BCUT2D eigenvalue weighted by atomic mass is 16.7. The van der Waals surface area contributed by atoms with Crippen molar-refractivity contribution in [3.05, 3.63) is 30.3 Å². The number of hydrogen-bond acceptors (Lipinski definition) is 11. The third-order valence-electron chi connectivity index (χ3n) is 5.25. The van der Waals surface area contributed by atoms with Crippen molar-refractivity contribution in [1.29, 1.82) is 0 Å². The minimum absolute atomic E-state index is 0.00180. The van der Waals surface area contributed by atoms with Gasteiger partial charge in [-0.3, -0.25) is 0 Å². The van der Waals surface area contributed by atoms with E-state index >= 15 is 0 Å². The van der Waals surface area contributed by atoms with Crippen molar-refractivity contribution in [1.82, 2.24) is 0 Å². The largest absolute Gasteiger partial charge is 0.507 e. The lowest BCUT2D eigenvalue weighted by Gasteiger charge is -2.39. The van der Waals surface area contributed by atoms with Crippen molar-refractivity contribution < 1.29 is 59.8 Å². The molecule has 0 bridgehead atoms. The molecule has 2 heterocycles. The second kappa shape index (κ2) is 8.42. The Hall–Kier alpha value is -3.55. The van der Waals surface area contributed by atoms with Crippen LogP contribution in [0.4, 0.5) is 0 Å². The van der Waals surface area contributed by atoms with Crippen LogP contribution in [0.2, 0.25) is 0 Å². The summed E-state index contributed by atoms with van der Waals surface area (Å²) in [4.78, 5) is 0. The average molecular weight is 465 g/mol. The number of benzene rings is 2. The van der Waals surface area contributed by atoms with Crippen molar-refractivity contribution in [3.8, 4) is 45.8 Å². The first-order chi connectivity index (χ1) is 15.6. The van der Waals surface area contributed by atoms with Gasteiger partial charge in [0.15, 0.2) is 17.2 Å². The van der Waals surface area contributed by atoms with E-state index in [1.165, 1.54) is 6.07 Å². The molecule has 0 aliphatic carbocycles. The van der Waals surface area contributed by atoms with Gasteiger partial charge in [-0.15, -0.1) is 0 Å². The summed E-state index contributed by atoms with van der Waals surface area (Å²) in [7, 11) is 0. The first-order valence-electron chi connectivity index (χ1n) is 9.66. The zero-order valence-corrected chi connectivity index (χ0v) is 16.7. The Morgan fingerprint density at radius 3 is 2.09 bits per heavy atom. The third kappa shape index (κ3) is 4.01. The Balaban J connectivity index is 1.73. The van der Waals surface area contributed by atoms with Crippen molar-refractivity contribution in [2.24, 2.45) is 0 Å². The SMILES string of the molecule is OC[C@H]1O[C@@H](Oc2cc(O)c3cc(O)c(-c4cc(O)c(O)c(O)c4)[o+]c3c2)[C@H](O)[C@@H](O)[C@H]1O. The molecule has 9 N–H and O–H groups in total. The third-order valence-corrected chi connectivity index (χ3v) is 5.25. The fourth-order valence-corrected chi connectivity index (χ4v) is 3.49. The molecule has 1 saturated heterocycles. The van der Waals surface area contributed by atoms with Crippen LogP contribution in [0.5, 0.6) is 34.5 Å². The maximum atomic E-state index is 10.4. The number of ether oxygens (including phenoxy) is 2. The Morgan fingerprint density at radius 2 is 1.45 bits per heavy atom. The summed E-state index contributed by atoms with van der Waals surface area (Å²) in [5.74, 6) is -3.26.